The van der Waals surface area contributed by atoms with E-state index < -0.39 is 24.7 Å². The first kappa shape index (κ1) is 15.9. The molecule has 7 heteroatoms. The number of carbonyl (C=O) groups excluding carboxylic acids is 1. The molecule has 4 nitrogen and oxygen atoms in total. The molecule has 1 N–H and O–H groups in total. The van der Waals surface area contributed by atoms with Crippen LogP contribution in [-0.2, 0) is 14.3 Å². The predicted molar refractivity (Wildman–Crippen MR) is 45.1 cm³/mol. The second kappa shape index (κ2) is 7.84. The lowest BCUT2D eigenvalue weighted by atomic mass is 10.5. The van der Waals surface area contributed by atoms with Crippen LogP contribution in [0.1, 0.15) is 13.3 Å². The quantitative estimate of drug-likeness (QED) is 0.590. The number of hydrogen-bond acceptors (Lipinski definition) is 3. The molecule has 0 saturated heterocycles. The molecule has 0 amide bonds. The summed E-state index contributed by atoms with van der Waals surface area (Å²) in [5.74, 6) is -1.82. The normalized spacial score (nSPS) is 9.60. The maximum atomic E-state index is 11.2. The van der Waals surface area contributed by atoms with Gasteiger partial charge in [-0.15, -0.1) is 0 Å². The van der Waals surface area contributed by atoms with Gasteiger partial charge in [-0.1, -0.05) is 13.5 Å². The number of ether oxygens (including phenoxy) is 1. The van der Waals surface area contributed by atoms with Gasteiger partial charge in [0.25, 0.3) is 0 Å². The number of hydrogen-bond donors (Lipinski definition) is 1. The molecule has 0 aliphatic carbocycles. The van der Waals surface area contributed by atoms with Gasteiger partial charge < -0.3 is 9.84 Å². The molecule has 0 unspecified atom stereocenters. The zero-order valence-electron chi connectivity index (χ0n) is 8.00. The molecule has 0 radical (unpaired) electrons. The van der Waals surface area contributed by atoms with E-state index in [0.717, 1.165) is 0 Å². The van der Waals surface area contributed by atoms with Crippen LogP contribution < -0.4 is 0 Å². The third-order valence-corrected chi connectivity index (χ3v) is 0.847. The highest BCUT2D eigenvalue weighted by molar-refractivity contribution is 5.81. The molecule has 0 fully saturated rings. The summed E-state index contributed by atoms with van der Waals surface area (Å²) in [5.41, 5.74) is 0. The zero-order chi connectivity index (χ0) is 12.5. The van der Waals surface area contributed by atoms with Gasteiger partial charge in [0.1, 0.15) is 0 Å². The number of carboxylic acid groups (broad SMARTS) is 1. The Morgan fingerprint density at radius 1 is 1.47 bits per heavy atom. The average Bonchev–Trinajstić information content (AvgIpc) is 2.14. The minimum Gasteiger partial charge on any atom is -0.481 e. The number of halogens is 3. The maximum absolute atomic E-state index is 11.2. The van der Waals surface area contributed by atoms with E-state index in [9.17, 15) is 22.8 Å². The van der Waals surface area contributed by atoms with Crippen LogP contribution in [0.5, 0.6) is 0 Å². The molecule has 0 aromatic heterocycles. The van der Waals surface area contributed by atoms with Crippen LogP contribution in [0.15, 0.2) is 12.7 Å². The van der Waals surface area contributed by atoms with Gasteiger partial charge in [-0.25, -0.2) is 4.79 Å². The Kier molecular flexibility index (Phi) is 8.32. The summed E-state index contributed by atoms with van der Waals surface area (Å²) in [6.45, 7) is 2.96. The lowest BCUT2D eigenvalue weighted by Crippen LogP contribution is -2.19. The summed E-state index contributed by atoms with van der Waals surface area (Å²) in [4.78, 5) is 19.4. The predicted octanol–water partition coefficient (Wildman–Crippen LogP) is 1.76. The van der Waals surface area contributed by atoms with Gasteiger partial charge in [0, 0.05) is 12.5 Å². The van der Waals surface area contributed by atoms with Crippen molar-refractivity contribution < 1.29 is 32.6 Å². The van der Waals surface area contributed by atoms with Crippen molar-refractivity contribution in [2.45, 2.75) is 19.5 Å². The molecule has 0 spiro atoms. The zero-order valence-corrected chi connectivity index (χ0v) is 8.00. The van der Waals surface area contributed by atoms with Gasteiger partial charge in [-0.2, -0.15) is 13.2 Å². The Labute approximate surface area is 84.3 Å². The molecule has 15 heavy (non-hydrogen) atoms. The van der Waals surface area contributed by atoms with Crippen molar-refractivity contribution in [2.24, 2.45) is 0 Å². The Bertz CT molecular complexity index is 222. The minimum absolute atomic E-state index is 0.222. The molecule has 0 aromatic carbocycles. The van der Waals surface area contributed by atoms with Crippen molar-refractivity contribution in [3.8, 4) is 0 Å². The molecule has 0 rings (SSSR count). The first-order valence-corrected chi connectivity index (χ1v) is 3.80. The van der Waals surface area contributed by atoms with Crippen LogP contribution in [0.2, 0.25) is 0 Å². The summed E-state index contributed by atoms with van der Waals surface area (Å²) >= 11 is 0. The standard InChI is InChI=1S/C5H5F3O2.C3H6O2/c1-2-4(9)10-3-5(6,7)8;1-2-3(4)5/h2H,1,3H2;2H2,1H3,(H,4,5). The summed E-state index contributed by atoms with van der Waals surface area (Å²) in [7, 11) is 0. The summed E-state index contributed by atoms with van der Waals surface area (Å²) in [5, 5.41) is 7.72. The van der Waals surface area contributed by atoms with Crippen molar-refractivity contribution in [3.63, 3.8) is 0 Å². The highest BCUT2D eigenvalue weighted by Crippen LogP contribution is 2.14. The Morgan fingerprint density at radius 3 is 2.07 bits per heavy atom. The third kappa shape index (κ3) is 19.1. The van der Waals surface area contributed by atoms with E-state index in [4.69, 9.17) is 5.11 Å². The largest absolute Gasteiger partial charge is 0.481 e. The number of carbonyl (C=O) groups is 2. The molecule has 0 aliphatic heterocycles. The highest BCUT2D eigenvalue weighted by atomic mass is 19.4. The monoisotopic (exact) mass is 228 g/mol. The van der Waals surface area contributed by atoms with E-state index in [2.05, 4.69) is 11.3 Å². The van der Waals surface area contributed by atoms with Crippen LogP contribution in [0.3, 0.4) is 0 Å². The van der Waals surface area contributed by atoms with E-state index in [1.165, 1.54) is 0 Å². The van der Waals surface area contributed by atoms with Gasteiger partial charge in [0.15, 0.2) is 6.61 Å². The third-order valence-electron chi connectivity index (χ3n) is 0.847. The van der Waals surface area contributed by atoms with E-state index in [0.29, 0.717) is 6.08 Å². The lowest BCUT2D eigenvalue weighted by Gasteiger charge is -2.04. The molecule has 0 aromatic rings. The number of esters is 1. The van der Waals surface area contributed by atoms with Crippen molar-refractivity contribution in [1.82, 2.24) is 0 Å². The molecule has 0 aliphatic rings. The summed E-state index contributed by atoms with van der Waals surface area (Å²) in [6, 6.07) is 0. The Balaban J connectivity index is 0. The number of carboxylic acids is 1. The average molecular weight is 228 g/mol. The van der Waals surface area contributed by atoms with Gasteiger partial charge in [-0.05, 0) is 0 Å². The molecular formula is C8H11F3O4. The highest BCUT2D eigenvalue weighted by Gasteiger charge is 2.28. The molecule has 0 atom stereocenters. The second-order valence-corrected chi connectivity index (χ2v) is 2.17. The van der Waals surface area contributed by atoms with Crippen molar-refractivity contribution in [3.05, 3.63) is 12.7 Å². The minimum atomic E-state index is -4.46. The Hall–Kier alpha value is -1.53. The van der Waals surface area contributed by atoms with Crippen molar-refractivity contribution in [2.75, 3.05) is 6.61 Å². The first-order valence-electron chi connectivity index (χ1n) is 3.80. The van der Waals surface area contributed by atoms with Crippen LogP contribution in [0, 0.1) is 0 Å². The van der Waals surface area contributed by atoms with Crippen LogP contribution in [0.25, 0.3) is 0 Å². The van der Waals surface area contributed by atoms with Gasteiger partial charge in [0.2, 0.25) is 0 Å². The first-order chi connectivity index (χ1) is 6.72. The fraction of sp³-hybridized carbons (Fsp3) is 0.500. The van der Waals surface area contributed by atoms with E-state index in [1.54, 1.807) is 6.92 Å². The number of alkyl halides is 3. The van der Waals surface area contributed by atoms with Crippen LogP contribution in [-0.4, -0.2) is 29.8 Å². The molecular weight excluding hydrogens is 217 g/mol. The number of rotatable bonds is 3. The van der Waals surface area contributed by atoms with Crippen LogP contribution >= 0.6 is 0 Å². The summed E-state index contributed by atoms with van der Waals surface area (Å²) < 4.78 is 37.4. The van der Waals surface area contributed by atoms with E-state index in [-0.39, 0.29) is 6.42 Å². The summed E-state index contributed by atoms with van der Waals surface area (Å²) in [6.07, 6.45) is -3.57. The molecule has 0 saturated carbocycles. The second-order valence-electron chi connectivity index (χ2n) is 2.17. The van der Waals surface area contributed by atoms with Gasteiger partial charge in [-0.3, -0.25) is 4.79 Å². The molecule has 0 heterocycles. The fourth-order valence-electron chi connectivity index (χ4n) is 0.212. The fourth-order valence-corrected chi connectivity index (χ4v) is 0.212. The maximum Gasteiger partial charge on any atom is 0.422 e. The smallest absolute Gasteiger partial charge is 0.422 e. The van der Waals surface area contributed by atoms with Gasteiger partial charge in [0.05, 0.1) is 0 Å². The lowest BCUT2D eigenvalue weighted by molar-refractivity contribution is -0.182. The Morgan fingerprint density at radius 2 is 1.87 bits per heavy atom. The molecule has 88 valence electrons. The number of aliphatic carboxylic acids is 1. The van der Waals surface area contributed by atoms with E-state index >= 15 is 0 Å². The topological polar surface area (TPSA) is 63.6 Å². The van der Waals surface area contributed by atoms with E-state index in [1.807, 2.05) is 0 Å². The van der Waals surface area contributed by atoms with Gasteiger partial charge >= 0.3 is 18.1 Å². The van der Waals surface area contributed by atoms with Crippen molar-refractivity contribution >= 4 is 11.9 Å². The molecule has 0 bridgehead atoms. The van der Waals surface area contributed by atoms with Crippen molar-refractivity contribution in [1.29, 1.82) is 0 Å². The SMILES string of the molecule is C=CC(=O)OCC(F)(F)F.CCC(=O)O. The van der Waals surface area contributed by atoms with Crippen LogP contribution in [0.4, 0.5) is 13.2 Å².